The number of amides is 1. The number of rotatable bonds is 4. The molecule has 0 aromatic rings. The Morgan fingerprint density at radius 1 is 1.35 bits per heavy atom. The molecule has 2 heterocycles. The van der Waals surface area contributed by atoms with Crippen molar-refractivity contribution in [1.82, 2.24) is 9.80 Å². The van der Waals surface area contributed by atoms with Gasteiger partial charge in [0.2, 0.25) is 0 Å². The average Bonchev–Trinajstić information content (AvgIpc) is 2.76. The Hall–Kier alpha value is -1.01. The van der Waals surface area contributed by atoms with E-state index in [4.69, 9.17) is 4.74 Å². The first-order valence-corrected chi connectivity index (χ1v) is 8.15. The summed E-state index contributed by atoms with van der Waals surface area (Å²) in [6.07, 6.45) is 4.98. The molecule has 0 aromatic heterocycles. The maximum Gasteiger partial charge on any atom is 0.333 e. The third-order valence-electron chi connectivity index (χ3n) is 3.54. The number of thioether (sulfide) groups is 1. The standard InChI is InChI=1S/C14H22N2O3S/c1-3-16-11(10-12(17)19-4-2)20-14(13(16)18)15-8-6-5-7-9-15/h10,14H,3-9H2,1-2H3/b11-10-/t14-/m0/s1. The Bertz CT molecular complexity index is 405. The number of ether oxygens (including phenoxy) is 1. The molecule has 0 bridgehead atoms. The molecule has 112 valence electrons. The highest BCUT2D eigenvalue weighted by atomic mass is 32.2. The van der Waals surface area contributed by atoms with Gasteiger partial charge in [-0.3, -0.25) is 9.69 Å². The smallest absolute Gasteiger partial charge is 0.333 e. The van der Waals surface area contributed by atoms with E-state index in [1.54, 1.807) is 11.8 Å². The van der Waals surface area contributed by atoms with E-state index in [9.17, 15) is 9.59 Å². The Balaban J connectivity index is 2.10. The van der Waals surface area contributed by atoms with E-state index in [1.165, 1.54) is 24.3 Å². The lowest BCUT2D eigenvalue weighted by Crippen LogP contribution is -2.43. The topological polar surface area (TPSA) is 49.9 Å². The molecule has 0 spiro atoms. The quantitative estimate of drug-likeness (QED) is 0.585. The van der Waals surface area contributed by atoms with Crippen LogP contribution in [-0.4, -0.2) is 53.3 Å². The fraction of sp³-hybridized carbons (Fsp3) is 0.714. The van der Waals surface area contributed by atoms with Gasteiger partial charge in [0.05, 0.1) is 17.7 Å². The van der Waals surface area contributed by atoms with Gasteiger partial charge >= 0.3 is 5.97 Å². The van der Waals surface area contributed by atoms with Crippen molar-refractivity contribution >= 4 is 23.6 Å². The lowest BCUT2D eigenvalue weighted by molar-refractivity contribution is -0.137. The Morgan fingerprint density at radius 2 is 2.05 bits per heavy atom. The second-order valence-corrected chi connectivity index (χ2v) is 5.98. The van der Waals surface area contributed by atoms with E-state index >= 15 is 0 Å². The van der Waals surface area contributed by atoms with Crippen LogP contribution < -0.4 is 0 Å². The number of carbonyl (C=O) groups is 2. The van der Waals surface area contributed by atoms with E-state index in [-0.39, 0.29) is 17.3 Å². The molecule has 1 amide bonds. The number of piperidine rings is 1. The molecule has 0 unspecified atom stereocenters. The van der Waals surface area contributed by atoms with Crippen LogP contribution in [0.5, 0.6) is 0 Å². The van der Waals surface area contributed by atoms with Gasteiger partial charge in [0.1, 0.15) is 5.37 Å². The molecule has 20 heavy (non-hydrogen) atoms. The van der Waals surface area contributed by atoms with Crippen molar-refractivity contribution in [2.24, 2.45) is 0 Å². The third kappa shape index (κ3) is 3.35. The molecule has 0 aromatic carbocycles. The SMILES string of the molecule is CCOC(=O)/C=C1\S[C@H](N2CCCCC2)C(=O)N1CC. The normalized spacial score (nSPS) is 26.3. The van der Waals surface area contributed by atoms with Crippen LogP contribution in [0.3, 0.4) is 0 Å². The zero-order valence-electron chi connectivity index (χ0n) is 12.1. The Kier molecular flexibility index (Phi) is 5.48. The molecule has 2 fully saturated rings. The van der Waals surface area contributed by atoms with Crippen molar-refractivity contribution in [3.63, 3.8) is 0 Å². The molecular weight excluding hydrogens is 276 g/mol. The van der Waals surface area contributed by atoms with Crippen molar-refractivity contribution in [2.45, 2.75) is 38.5 Å². The number of hydrogen-bond donors (Lipinski definition) is 0. The molecular formula is C14H22N2O3S. The van der Waals surface area contributed by atoms with E-state index < -0.39 is 0 Å². The maximum atomic E-state index is 12.5. The van der Waals surface area contributed by atoms with Gasteiger partial charge in [0.25, 0.3) is 5.91 Å². The number of likely N-dealkylation sites (N-methyl/N-ethyl adjacent to an activating group) is 1. The average molecular weight is 298 g/mol. The van der Waals surface area contributed by atoms with E-state index in [0.717, 1.165) is 25.9 Å². The zero-order valence-corrected chi connectivity index (χ0v) is 12.9. The minimum absolute atomic E-state index is 0.0925. The van der Waals surface area contributed by atoms with Crippen LogP contribution in [0, 0.1) is 0 Å². The number of nitrogens with zero attached hydrogens (tertiary/aromatic N) is 2. The summed E-state index contributed by atoms with van der Waals surface area (Å²) in [5, 5.41) is 0.544. The zero-order chi connectivity index (χ0) is 14.5. The lowest BCUT2D eigenvalue weighted by Gasteiger charge is -2.29. The van der Waals surface area contributed by atoms with E-state index in [1.807, 2.05) is 6.92 Å². The summed E-state index contributed by atoms with van der Waals surface area (Å²) in [4.78, 5) is 28.0. The molecule has 6 heteroatoms. The summed E-state index contributed by atoms with van der Waals surface area (Å²) in [6, 6.07) is 0. The van der Waals surface area contributed by atoms with E-state index in [2.05, 4.69) is 4.90 Å². The van der Waals surface area contributed by atoms with Gasteiger partial charge in [0, 0.05) is 6.54 Å². The molecule has 0 radical (unpaired) electrons. The first kappa shape index (κ1) is 15.4. The number of hydrogen-bond acceptors (Lipinski definition) is 5. The maximum absolute atomic E-state index is 12.5. The van der Waals surface area contributed by atoms with Crippen LogP contribution in [0.15, 0.2) is 11.1 Å². The predicted octanol–water partition coefficient (Wildman–Crippen LogP) is 1.80. The van der Waals surface area contributed by atoms with Gasteiger partial charge in [-0.1, -0.05) is 18.2 Å². The summed E-state index contributed by atoms with van der Waals surface area (Å²) >= 11 is 1.47. The first-order chi connectivity index (χ1) is 9.67. The van der Waals surface area contributed by atoms with Gasteiger partial charge in [0.15, 0.2) is 0 Å². The van der Waals surface area contributed by atoms with E-state index in [0.29, 0.717) is 18.2 Å². The third-order valence-corrected chi connectivity index (χ3v) is 4.84. The minimum Gasteiger partial charge on any atom is -0.463 e. The fourth-order valence-corrected chi connectivity index (χ4v) is 3.89. The fourth-order valence-electron chi connectivity index (χ4n) is 2.56. The Labute approximate surface area is 124 Å². The molecule has 2 aliphatic rings. The second kappa shape index (κ2) is 7.13. The van der Waals surface area contributed by atoms with Crippen LogP contribution >= 0.6 is 11.8 Å². The second-order valence-electron chi connectivity index (χ2n) is 4.88. The summed E-state index contributed by atoms with van der Waals surface area (Å²) in [5.41, 5.74) is 0. The van der Waals surface area contributed by atoms with Gasteiger partial charge in [-0.2, -0.15) is 0 Å². The van der Waals surface area contributed by atoms with Crippen molar-refractivity contribution in [1.29, 1.82) is 0 Å². The number of carbonyl (C=O) groups excluding carboxylic acids is 2. The molecule has 0 saturated carbocycles. The van der Waals surface area contributed by atoms with Crippen LogP contribution in [0.4, 0.5) is 0 Å². The number of esters is 1. The molecule has 2 saturated heterocycles. The summed E-state index contributed by atoms with van der Waals surface area (Å²) in [7, 11) is 0. The summed E-state index contributed by atoms with van der Waals surface area (Å²) < 4.78 is 4.93. The summed E-state index contributed by atoms with van der Waals surface area (Å²) in [5.74, 6) is -0.282. The van der Waals surface area contributed by atoms with Gasteiger partial charge in [-0.05, 0) is 39.8 Å². The molecule has 2 rings (SSSR count). The molecule has 0 aliphatic carbocycles. The largest absolute Gasteiger partial charge is 0.463 e. The van der Waals surface area contributed by atoms with Crippen LogP contribution in [-0.2, 0) is 14.3 Å². The molecule has 1 atom stereocenters. The Morgan fingerprint density at radius 3 is 2.65 bits per heavy atom. The van der Waals surface area contributed by atoms with Crippen LogP contribution in [0.1, 0.15) is 33.1 Å². The molecule has 5 nitrogen and oxygen atoms in total. The highest BCUT2D eigenvalue weighted by molar-refractivity contribution is 8.04. The highest BCUT2D eigenvalue weighted by Gasteiger charge is 2.40. The van der Waals surface area contributed by atoms with Gasteiger partial charge in [-0.25, -0.2) is 4.79 Å². The van der Waals surface area contributed by atoms with Gasteiger partial charge in [-0.15, -0.1) is 0 Å². The van der Waals surface area contributed by atoms with Gasteiger partial charge < -0.3 is 9.64 Å². The van der Waals surface area contributed by atoms with Crippen molar-refractivity contribution < 1.29 is 14.3 Å². The van der Waals surface area contributed by atoms with Crippen LogP contribution in [0.25, 0.3) is 0 Å². The molecule has 0 N–H and O–H groups in total. The minimum atomic E-state index is -0.374. The van der Waals surface area contributed by atoms with Crippen molar-refractivity contribution in [3.8, 4) is 0 Å². The lowest BCUT2D eigenvalue weighted by atomic mass is 10.1. The monoisotopic (exact) mass is 298 g/mol. The van der Waals surface area contributed by atoms with Crippen molar-refractivity contribution in [3.05, 3.63) is 11.1 Å². The van der Waals surface area contributed by atoms with Crippen LogP contribution in [0.2, 0.25) is 0 Å². The number of likely N-dealkylation sites (tertiary alicyclic amines) is 1. The first-order valence-electron chi connectivity index (χ1n) is 7.28. The molecule has 2 aliphatic heterocycles. The van der Waals surface area contributed by atoms with Crippen molar-refractivity contribution in [2.75, 3.05) is 26.2 Å². The predicted molar refractivity (Wildman–Crippen MR) is 78.9 cm³/mol. The summed E-state index contributed by atoms with van der Waals surface area (Å²) in [6.45, 7) is 6.57. The highest BCUT2D eigenvalue weighted by Crippen LogP contribution is 2.37.